The van der Waals surface area contributed by atoms with Gasteiger partial charge in [0.2, 0.25) is 5.91 Å². The minimum atomic E-state index is 0.0845. The van der Waals surface area contributed by atoms with Crippen LogP contribution in [-0.4, -0.2) is 13.0 Å². The standard InChI is InChI=1S/C20H25NO2/c1-4-18(17-8-6-5-7-9-17)21-20(22)13-11-16-10-12-19(23-3)15(2)14-16/h5-10,12,14,18H,4,11,13H2,1-3H3,(H,21,22)/t18-/m1/s1. The van der Waals surface area contributed by atoms with Crippen LogP contribution < -0.4 is 10.1 Å². The molecule has 0 spiro atoms. The molecule has 0 radical (unpaired) electrons. The normalized spacial score (nSPS) is 11.8. The molecule has 2 rings (SSSR count). The Hall–Kier alpha value is -2.29. The molecule has 0 aromatic heterocycles. The van der Waals surface area contributed by atoms with Gasteiger partial charge in [-0.05, 0) is 42.5 Å². The predicted octanol–water partition coefficient (Wildman–Crippen LogP) is 4.20. The summed E-state index contributed by atoms with van der Waals surface area (Å²) in [4.78, 5) is 12.2. The molecule has 0 bridgehead atoms. The van der Waals surface area contributed by atoms with E-state index in [-0.39, 0.29) is 11.9 Å². The Morgan fingerprint density at radius 3 is 2.52 bits per heavy atom. The molecule has 0 unspecified atom stereocenters. The van der Waals surface area contributed by atoms with Crippen LogP contribution in [0.4, 0.5) is 0 Å². The maximum Gasteiger partial charge on any atom is 0.220 e. The number of carbonyl (C=O) groups is 1. The van der Waals surface area contributed by atoms with Crippen LogP contribution in [0.3, 0.4) is 0 Å². The second-order valence-corrected chi connectivity index (χ2v) is 5.74. The first-order valence-electron chi connectivity index (χ1n) is 8.12. The second kappa shape index (κ2) is 8.37. The number of nitrogens with one attached hydrogen (secondary N) is 1. The molecule has 0 aliphatic carbocycles. The van der Waals surface area contributed by atoms with E-state index in [0.717, 1.165) is 35.3 Å². The molecule has 0 saturated carbocycles. The average molecular weight is 311 g/mol. The van der Waals surface area contributed by atoms with Crippen molar-refractivity contribution in [2.75, 3.05) is 7.11 Å². The van der Waals surface area contributed by atoms with Crippen molar-refractivity contribution in [2.24, 2.45) is 0 Å². The molecular weight excluding hydrogens is 286 g/mol. The third-order valence-electron chi connectivity index (χ3n) is 4.05. The van der Waals surface area contributed by atoms with Gasteiger partial charge in [0.05, 0.1) is 13.2 Å². The number of benzene rings is 2. The molecule has 1 N–H and O–H groups in total. The molecule has 1 atom stereocenters. The Morgan fingerprint density at radius 2 is 1.91 bits per heavy atom. The number of rotatable bonds is 7. The lowest BCUT2D eigenvalue weighted by atomic mass is 10.0. The first-order valence-corrected chi connectivity index (χ1v) is 8.12. The van der Waals surface area contributed by atoms with Gasteiger partial charge in [0.1, 0.15) is 5.75 Å². The van der Waals surface area contributed by atoms with Crippen LogP contribution in [0, 0.1) is 6.92 Å². The number of amides is 1. The minimum absolute atomic E-state index is 0.0845. The molecular formula is C20H25NO2. The van der Waals surface area contributed by atoms with Gasteiger partial charge < -0.3 is 10.1 Å². The van der Waals surface area contributed by atoms with Crippen LogP contribution in [0.2, 0.25) is 0 Å². The van der Waals surface area contributed by atoms with E-state index in [0.29, 0.717) is 6.42 Å². The van der Waals surface area contributed by atoms with Crippen LogP contribution >= 0.6 is 0 Å². The minimum Gasteiger partial charge on any atom is -0.496 e. The number of ether oxygens (including phenoxy) is 1. The van der Waals surface area contributed by atoms with Crippen molar-refractivity contribution in [1.29, 1.82) is 0 Å². The molecule has 122 valence electrons. The molecule has 1 amide bonds. The van der Waals surface area contributed by atoms with Crippen molar-refractivity contribution in [2.45, 2.75) is 39.2 Å². The van der Waals surface area contributed by atoms with Gasteiger partial charge in [0, 0.05) is 6.42 Å². The van der Waals surface area contributed by atoms with Crippen LogP contribution in [0.1, 0.15) is 42.5 Å². The quantitative estimate of drug-likeness (QED) is 0.832. The van der Waals surface area contributed by atoms with E-state index >= 15 is 0 Å². The van der Waals surface area contributed by atoms with Crippen molar-refractivity contribution >= 4 is 5.91 Å². The summed E-state index contributed by atoms with van der Waals surface area (Å²) < 4.78 is 5.26. The lowest BCUT2D eigenvalue weighted by Gasteiger charge is -2.17. The highest BCUT2D eigenvalue weighted by molar-refractivity contribution is 5.76. The molecule has 0 saturated heterocycles. The first kappa shape index (κ1) is 17.1. The van der Waals surface area contributed by atoms with E-state index < -0.39 is 0 Å². The number of hydrogen-bond donors (Lipinski definition) is 1. The van der Waals surface area contributed by atoms with Gasteiger partial charge in [0.25, 0.3) is 0 Å². The van der Waals surface area contributed by atoms with Crippen LogP contribution in [0.5, 0.6) is 5.75 Å². The zero-order valence-electron chi connectivity index (χ0n) is 14.1. The van der Waals surface area contributed by atoms with Gasteiger partial charge >= 0.3 is 0 Å². The highest BCUT2D eigenvalue weighted by Crippen LogP contribution is 2.20. The Bertz CT molecular complexity index is 637. The summed E-state index contributed by atoms with van der Waals surface area (Å²) in [6.07, 6.45) is 2.12. The fourth-order valence-electron chi connectivity index (χ4n) is 2.73. The van der Waals surface area contributed by atoms with Crippen LogP contribution in [0.15, 0.2) is 48.5 Å². The SMILES string of the molecule is CC[C@@H](NC(=O)CCc1ccc(OC)c(C)c1)c1ccccc1. The second-order valence-electron chi connectivity index (χ2n) is 5.74. The van der Waals surface area contributed by atoms with Crippen molar-refractivity contribution < 1.29 is 9.53 Å². The maximum absolute atomic E-state index is 12.2. The average Bonchev–Trinajstić information content (AvgIpc) is 2.58. The number of carbonyl (C=O) groups excluding carboxylic acids is 1. The molecule has 0 fully saturated rings. The van der Waals surface area contributed by atoms with Crippen molar-refractivity contribution in [1.82, 2.24) is 5.32 Å². The van der Waals surface area contributed by atoms with Crippen molar-refractivity contribution in [3.63, 3.8) is 0 Å². The van der Waals surface area contributed by atoms with Gasteiger partial charge in [0.15, 0.2) is 0 Å². The summed E-state index contributed by atoms with van der Waals surface area (Å²) in [6.45, 7) is 4.11. The lowest BCUT2D eigenvalue weighted by molar-refractivity contribution is -0.121. The zero-order chi connectivity index (χ0) is 16.7. The molecule has 0 aliphatic rings. The Balaban J connectivity index is 1.90. The largest absolute Gasteiger partial charge is 0.496 e. The summed E-state index contributed by atoms with van der Waals surface area (Å²) in [5.41, 5.74) is 3.41. The van der Waals surface area contributed by atoms with Gasteiger partial charge in [-0.2, -0.15) is 0 Å². The summed E-state index contributed by atoms with van der Waals surface area (Å²) in [6, 6.07) is 16.3. The third-order valence-corrected chi connectivity index (χ3v) is 4.05. The number of hydrogen-bond acceptors (Lipinski definition) is 2. The Kier molecular flexibility index (Phi) is 6.21. The van der Waals surface area contributed by atoms with Gasteiger partial charge in [-0.3, -0.25) is 4.79 Å². The van der Waals surface area contributed by atoms with E-state index in [1.807, 2.05) is 37.3 Å². The van der Waals surface area contributed by atoms with Gasteiger partial charge in [-0.15, -0.1) is 0 Å². The molecule has 23 heavy (non-hydrogen) atoms. The van der Waals surface area contributed by atoms with E-state index in [1.54, 1.807) is 7.11 Å². The van der Waals surface area contributed by atoms with Crippen LogP contribution in [0.25, 0.3) is 0 Å². The Labute approximate surface area is 138 Å². The van der Waals surface area contributed by atoms with E-state index in [2.05, 4.69) is 30.4 Å². The van der Waals surface area contributed by atoms with Crippen molar-refractivity contribution in [3.8, 4) is 5.75 Å². The first-order chi connectivity index (χ1) is 11.1. The van der Waals surface area contributed by atoms with Gasteiger partial charge in [-0.25, -0.2) is 0 Å². The summed E-state index contributed by atoms with van der Waals surface area (Å²) >= 11 is 0. The van der Waals surface area contributed by atoms with Crippen LogP contribution in [-0.2, 0) is 11.2 Å². The topological polar surface area (TPSA) is 38.3 Å². The maximum atomic E-state index is 12.2. The monoisotopic (exact) mass is 311 g/mol. The Morgan fingerprint density at radius 1 is 1.17 bits per heavy atom. The lowest BCUT2D eigenvalue weighted by Crippen LogP contribution is -2.28. The molecule has 0 heterocycles. The highest BCUT2D eigenvalue weighted by Gasteiger charge is 2.12. The fourth-order valence-corrected chi connectivity index (χ4v) is 2.73. The summed E-state index contributed by atoms with van der Waals surface area (Å²) in [7, 11) is 1.67. The molecule has 2 aromatic rings. The smallest absolute Gasteiger partial charge is 0.220 e. The van der Waals surface area contributed by atoms with Crippen molar-refractivity contribution in [3.05, 3.63) is 65.2 Å². The highest BCUT2D eigenvalue weighted by atomic mass is 16.5. The summed E-state index contributed by atoms with van der Waals surface area (Å²) in [5, 5.41) is 3.13. The van der Waals surface area contributed by atoms with Gasteiger partial charge in [-0.1, -0.05) is 49.4 Å². The molecule has 0 aliphatic heterocycles. The third kappa shape index (κ3) is 4.85. The molecule has 3 nitrogen and oxygen atoms in total. The predicted molar refractivity (Wildman–Crippen MR) is 93.7 cm³/mol. The molecule has 2 aromatic carbocycles. The van der Waals surface area contributed by atoms with E-state index in [9.17, 15) is 4.79 Å². The molecule has 3 heteroatoms. The fraction of sp³-hybridized carbons (Fsp3) is 0.350. The van der Waals surface area contributed by atoms with E-state index in [4.69, 9.17) is 4.74 Å². The number of methoxy groups -OCH3 is 1. The zero-order valence-corrected chi connectivity index (χ0v) is 14.1. The van der Waals surface area contributed by atoms with E-state index in [1.165, 1.54) is 0 Å². The summed E-state index contributed by atoms with van der Waals surface area (Å²) in [5.74, 6) is 0.975. The number of aryl methyl sites for hydroxylation is 2.